The van der Waals surface area contributed by atoms with E-state index in [1.165, 1.54) is 27.2 Å². The highest BCUT2D eigenvalue weighted by atomic mass is 16.6. The van der Waals surface area contributed by atoms with Crippen LogP contribution in [0.25, 0.3) is 11.1 Å². The van der Waals surface area contributed by atoms with Crippen LogP contribution < -0.4 is 0 Å². The first-order valence-electron chi connectivity index (χ1n) is 8.92. The van der Waals surface area contributed by atoms with E-state index in [-0.39, 0.29) is 25.2 Å². The molecule has 0 spiro atoms. The maximum Gasteiger partial charge on any atom is 0.412 e. The van der Waals surface area contributed by atoms with Gasteiger partial charge in [0.1, 0.15) is 12.3 Å². The second-order valence-electron chi connectivity index (χ2n) is 7.27. The molecule has 5 heteroatoms. The zero-order chi connectivity index (χ0) is 18.3. The summed E-state index contributed by atoms with van der Waals surface area (Å²) in [6, 6.07) is 16.1. The van der Waals surface area contributed by atoms with Gasteiger partial charge in [-0.15, -0.1) is 0 Å². The van der Waals surface area contributed by atoms with Gasteiger partial charge in [-0.1, -0.05) is 48.5 Å². The molecule has 1 aliphatic carbocycles. The molecule has 0 saturated carbocycles. The van der Waals surface area contributed by atoms with Crippen molar-refractivity contribution in [3.63, 3.8) is 0 Å². The molecule has 26 heavy (non-hydrogen) atoms. The fourth-order valence-corrected chi connectivity index (χ4v) is 4.05. The lowest BCUT2D eigenvalue weighted by Gasteiger charge is -2.32. The number of fused-ring (bicyclic) bond motifs is 3. The second-order valence-corrected chi connectivity index (χ2v) is 7.27. The average Bonchev–Trinajstić information content (AvgIpc) is 3.13. The van der Waals surface area contributed by atoms with Crippen molar-refractivity contribution >= 4 is 6.09 Å². The van der Waals surface area contributed by atoms with Gasteiger partial charge in [-0.25, -0.2) is 4.79 Å². The molecule has 136 valence electrons. The molecular weight excluding hydrogens is 330 g/mol. The first kappa shape index (κ1) is 17.1. The van der Waals surface area contributed by atoms with Crippen molar-refractivity contribution in [2.75, 3.05) is 19.8 Å². The van der Waals surface area contributed by atoms with E-state index in [9.17, 15) is 9.90 Å². The van der Waals surface area contributed by atoms with E-state index in [0.29, 0.717) is 6.61 Å². The largest absolute Gasteiger partial charge is 0.448 e. The molecule has 1 amide bonds. The number of rotatable bonds is 3. The molecule has 0 bridgehead atoms. The lowest BCUT2D eigenvalue weighted by atomic mass is 9.98. The van der Waals surface area contributed by atoms with E-state index in [4.69, 9.17) is 9.47 Å². The molecule has 1 unspecified atom stereocenters. The zero-order valence-electron chi connectivity index (χ0n) is 15.0. The van der Waals surface area contributed by atoms with E-state index < -0.39 is 11.8 Å². The van der Waals surface area contributed by atoms with Crippen LogP contribution in [0.3, 0.4) is 0 Å². The predicted molar refractivity (Wildman–Crippen MR) is 97.8 cm³/mol. The minimum absolute atomic E-state index is 0.0190. The molecule has 1 fully saturated rings. The van der Waals surface area contributed by atoms with Crippen molar-refractivity contribution in [3.8, 4) is 11.1 Å². The number of aliphatic hydroxyl groups excluding tert-OH is 1. The number of ether oxygens (including phenoxy) is 2. The first-order chi connectivity index (χ1) is 12.5. The van der Waals surface area contributed by atoms with Gasteiger partial charge >= 0.3 is 6.09 Å². The molecule has 2 aromatic carbocycles. The van der Waals surface area contributed by atoms with Crippen LogP contribution in [-0.2, 0) is 9.47 Å². The van der Waals surface area contributed by atoms with Crippen LogP contribution in [0.4, 0.5) is 4.79 Å². The van der Waals surface area contributed by atoms with Crippen molar-refractivity contribution in [3.05, 3.63) is 59.7 Å². The normalized spacial score (nSPS) is 20.7. The third-order valence-electron chi connectivity index (χ3n) is 5.32. The number of hydrogen-bond donors (Lipinski definition) is 1. The van der Waals surface area contributed by atoms with Crippen molar-refractivity contribution in [1.29, 1.82) is 0 Å². The summed E-state index contributed by atoms with van der Waals surface area (Å²) >= 11 is 0. The SMILES string of the molecule is CC1(C)OCC(CO)N1C(=O)OCC1c2ccccc2-c2ccccc21. The van der Waals surface area contributed by atoms with Gasteiger partial charge in [0.15, 0.2) is 0 Å². The number of nitrogens with zero attached hydrogens (tertiary/aromatic N) is 1. The quantitative estimate of drug-likeness (QED) is 0.919. The molecule has 5 nitrogen and oxygen atoms in total. The van der Waals surface area contributed by atoms with E-state index in [1.54, 1.807) is 0 Å². The highest BCUT2D eigenvalue weighted by Crippen LogP contribution is 2.44. The Kier molecular flexibility index (Phi) is 4.21. The summed E-state index contributed by atoms with van der Waals surface area (Å²) < 4.78 is 11.3. The Morgan fingerprint density at radius 3 is 2.31 bits per heavy atom. The van der Waals surface area contributed by atoms with Crippen molar-refractivity contribution in [1.82, 2.24) is 4.90 Å². The van der Waals surface area contributed by atoms with Gasteiger partial charge < -0.3 is 14.6 Å². The van der Waals surface area contributed by atoms with Gasteiger partial charge in [0.05, 0.1) is 19.3 Å². The van der Waals surface area contributed by atoms with Crippen LogP contribution in [-0.4, -0.2) is 47.7 Å². The molecular formula is C21H23NO4. The summed E-state index contributed by atoms with van der Waals surface area (Å²) in [5.41, 5.74) is 3.97. The van der Waals surface area contributed by atoms with Gasteiger partial charge in [-0.05, 0) is 36.1 Å². The molecule has 4 rings (SSSR count). The van der Waals surface area contributed by atoms with Crippen LogP contribution in [0.5, 0.6) is 0 Å². The smallest absolute Gasteiger partial charge is 0.412 e. The van der Waals surface area contributed by atoms with Gasteiger partial charge in [-0.2, -0.15) is 0 Å². The summed E-state index contributed by atoms with van der Waals surface area (Å²) in [6.45, 7) is 4.05. The highest BCUT2D eigenvalue weighted by molar-refractivity contribution is 5.79. The van der Waals surface area contributed by atoms with Crippen molar-refractivity contribution in [2.45, 2.75) is 31.5 Å². The molecule has 1 saturated heterocycles. The Balaban J connectivity index is 1.56. The number of amides is 1. The van der Waals surface area contributed by atoms with Crippen LogP contribution in [0.1, 0.15) is 30.9 Å². The monoisotopic (exact) mass is 353 g/mol. The third kappa shape index (κ3) is 2.68. The summed E-state index contributed by atoms with van der Waals surface area (Å²) in [5, 5.41) is 9.53. The van der Waals surface area contributed by atoms with Crippen LogP contribution >= 0.6 is 0 Å². The molecule has 0 aromatic heterocycles. The maximum atomic E-state index is 12.7. The third-order valence-corrected chi connectivity index (χ3v) is 5.32. The zero-order valence-corrected chi connectivity index (χ0v) is 15.0. The molecule has 1 heterocycles. The van der Waals surface area contributed by atoms with Gasteiger partial charge in [0, 0.05) is 5.92 Å². The second kappa shape index (κ2) is 6.41. The highest BCUT2D eigenvalue weighted by Gasteiger charge is 2.44. The Morgan fingerprint density at radius 2 is 1.73 bits per heavy atom. The molecule has 1 aliphatic heterocycles. The fraction of sp³-hybridized carbons (Fsp3) is 0.381. The Hall–Kier alpha value is -2.37. The summed E-state index contributed by atoms with van der Waals surface area (Å²) in [6.07, 6.45) is -0.451. The van der Waals surface area contributed by atoms with Gasteiger partial charge in [-0.3, -0.25) is 4.90 Å². The van der Waals surface area contributed by atoms with E-state index in [1.807, 2.05) is 38.1 Å². The first-order valence-corrected chi connectivity index (χ1v) is 8.92. The lowest BCUT2D eigenvalue weighted by molar-refractivity contribution is -0.0498. The standard InChI is InChI=1S/C21H23NO4/c1-21(2)22(14(11-23)12-26-21)20(24)25-13-19-17-9-5-3-7-15(17)16-8-4-6-10-18(16)19/h3-10,14,19,23H,11-13H2,1-2H3. The summed E-state index contributed by atoms with van der Waals surface area (Å²) in [5.74, 6) is 0.0190. The van der Waals surface area contributed by atoms with Crippen LogP contribution in [0.15, 0.2) is 48.5 Å². The maximum absolute atomic E-state index is 12.7. The van der Waals surface area contributed by atoms with E-state index in [2.05, 4.69) is 24.3 Å². The Bertz CT molecular complexity index is 787. The van der Waals surface area contributed by atoms with Crippen LogP contribution in [0.2, 0.25) is 0 Å². The summed E-state index contributed by atoms with van der Waals surface area (Å²) in [7, 11) is 0. The fourth-order valence-electron chi connectivity index (χ4n) is 4.05. The number of benzene rings is 2. The number of hydrogen-bond acceptors (Lipinski definition) is 4. The minimum atomic E-state index is -0.782. The molecule has 1 N–H and O–H groups in total. The molecule has 1 atom stereocenters. The van der Waals surface area contributed by atoms with Crippen molar-refractivity contribution in [2.24, 2.45) is 0 Å². The Labute approximate surface area is 153 Å². The van der Waals surface area contributed by atoms with E-state index in [0.717, 1.165) is 0 Å². The van der Waals surface area contributed by atoms with E-state index >= 15 is 0 Å². The minimum Gasteiger partial charge on any atom is -0.448 e. The molecule has 0 radical (unpaired) electrons. The molecule has 2 aliphatic rings. The molecule has 2 aromatic rings. The predicted octanol–water partition coefficient (Wildman–Crippen LogP) is 3.36. The van der Waals surface area contributed by atoms with Crippen LogP contribution in [0, 0.1) is 0 Å². The van der Waals surface area contributed by atoms with Gasteiger partial charge in [0.25, 0.3) is 0 Å². The number of carbonyl (C=O) groups is 1. The lowest BCUT2D eigenvalue weighted by Crippen LogP contribution is -2.49. The van der Waals surface area contributed by atoms with Crippen molar-refractivity contribution < 1.29 is 19.4 Å². The topological polar surface area (TPSA) is 59.0 Å². The number of aliphatic hydroxyl groups is 1. The Morgan fingerprint density at radius 1 is 1.15 bits per heavy atom. The number of carbonyl (C=O) groups excluding carboxylic acids is 1. The average molecular weight is 353 g/mol. The van der Waals surface area contributed by atoms with Gasteiger partial charge in [0.2, 0.25) is 0 Å². The summed E-state index contributed by atoms with van der Waals surface area (Å²) in [4.78, 5) is 14.2.